The number of hydrogen-bond acceptors (Lipinski definition) is 0. The van der Waals surface area contributed by atoms with Gasteiger partial charge in [-0.15, -0.1) is 0 Å². The Bertz CT molecular complexity index is 53.6. The SMILES string of the molecule is C=C[15N+](C)(C)C.[Cl-]. The molecule has 1 nitrogen and oxygen atoms in total. The molecule has 0 aromatic rings. The highest BCUT2D eigenvalue weighted by molar-refractivity contribution is 4.46. The summed E-state index contributed by atoms with van der Waals surface area (Å²) >= 11 is 0. The molecule has 0 aliphatic rings. The van der Waals surface area contributed by atoms with Crippen molar-refractivity contribution in [1.82, 2.24) is 0 Å². The third kappa shape index (κ3) is 10.7. The van der Waals surface area contributed by atoms with Gasteiger partial charge in [-0.25, -0.2) is 0 Å². The summed E-state index contributed by atoms with van der Waals surface area (Å²) in [4.78, 5) is 0. The van der Waals surface area contributed by atoms with Crippen LogP contribution in [0.25, 0.3) is 0 Å². The zero-order chi connectivity index (χ0) is 5.21. The van der Waals surface area contributed by atoms with Crippen LogP contribution in [0.3, 0.4) is 0 Å². The number of hydrogen-bond donors (Lipinski definition) is 0. The quantitative estimate of drug-likeness (QED) is 0.275. The Morgan fingerprint density at radius 3 is 1.43 bits per heavy atom. The molecule has 0 aromatic carbocycles. The number of nitrogens with zero attached hydrogens (tertiary/aromatic N) is 1. The van der Waals surface area contributed by atoms with Crippen LogP contribution in [0.2, 0.25) is 0 Å². The summed E-state index contributed by atoms with van der Waals surface area (Å²) < 4.78 is 0.833. The van der Waals surface area contributed by atoms with E-state index in [-0.39, 0.29) is 12.4 Å². The molecule has 0 bridgehead atoms. The van der Waals surface area contributed by atoms with Crippen molar-refractivity contribution in [1.29, 1.82) is 0 Å². The Labute approximate surface area is 51.6 Å². The molecule has 0 aromatic heterocycles. The second-order valence-corrected chi connectivity index (χ2v) is 2.30. The average Bonchev–Trinajstić information content (AvgIpc) is 1.35. The Morgan fingerprint density at radius 1 is 1.29 bits per heavy atom. The van der Waals surface area contributed by atoms with Crippen LogP contribution in [0.4, 0.5) is 0 Å². The van der Waals surface area contributed by atoms with Crippen LogP contribution >= 0.6 is 0 Å². The van der Waals surface area contributed by atoms with E-state index in [9.17, 15) is 0 Å². The lowest BCUT2D eigenvalue weighted by atomic mass is 10.9. The Morgan fingerprint density at radius 2 is 1.43 bits per heavy atom. The van der Waals surface area contributed by atoms with E-state index in [1.807, 2.05) is 6.20 Å². The molecule has 0 rings (SSSR count). The molecule has 0 spiro atoms. The molecule has 0 aliphatic heterocycles. The van der Waals surface area contributed by atoms with Crippen molar-refractivity contribution in [2.24, 2.45) is 0 Å². The van der Waals surface area contributed by atoms with Gasteiger partial charge in [0.25, 0.3) is 0 Å². The first kappa shape index (κ1) is 10.1. The fraction of sp³-hybridized carbons (Fsp3) is 0.600. The summed E-state index contributed by atoms with van der Waals surface area (Å²) in [7, 11) is 6.19. The van der Waals surface area contributed by atoms with E-state index in [2.05, 4.69) is 27.7 Å². The van der Waals surface area contributed by atoms with Crippen LogP contribution in [0.1, 0.15) is 0 Å². The van der Waals surface area contributed by atoms with E-state index in [1.165, 1.54) is 0 Å². The highest BCUT2D eigenvalue weighted by Gasteiger charge is 1.94. The van der Waals surface area contributed by atoms with E-state index in [0.29, 0.717) is 0 Å². The van der Waals surface area contributed by atoms with Crippen molar-refractivity contribution in [2.75, 3.05) is 21.1 Å². The summed E-state index contributed by atoms with van der Waals surface area (Å²) in [6, 6.07) is 0. The molecule has 0 radical (unpaired) electrons. The fourth-order valence-corrected chi connectivity index (χ4v) is 0. The summed E-state index contributed by atoms with van der Waals surface area (Å²) in [6.07, 6.45) is 1.88. The summed E-state index contributed by atoms with van der Waals surface area (Å²) in [6.45, 7) is 3.60. The Kier molecular flexibility index (Phi) is 4.39. The molecule has 7 heavy (non-hydrogen) atoms. The second kappa shape index (κ2) is 3.05. The molecule has 0 amide bonds. The van der Waals surface area contributed by atoms with Gasteiger partial charge in [0.05, 0.1) is 27.3 Å². The number of halogens is 1. The van der Waals surface area contributed by atoms with Gasteiger partial charge in [-0.3, -0.25) is 0 Å². The van der Waals surface area contributed by atoms with Crippen molar-refractivity contribution in [3.8, 4) is 0 Å². The normalized spacial score (nSPS) is 9.57. The van der Waals surface area contributed by atoms with E-state index >= 15 is 0 Å². The van der Waals surface area contributed by atoms with Gasteiger partial charge in [0.15, 0.2) is 0 Å². The smallest absolute Gasteiger partial charge is 0.0879 e. The predicted octanol–water partition coefficient (Wildman–Crippen LogP) is -2.16. The van der Waals surface area contributed by atoms with Crippen LogP contribution in [0.5, 0.6) is 0 Å². The van der Waals surface area contributed by atoms with Gasteiger partial charge in [-0.1, -0.05) is 0 Å². The van der Waals surface area contributed by atoms with Crippen molar-refractivity contribution in [3.63, 3.8) is 0 Å². The van der Waals surface area contributed by atoms with Gasteiger partial charge in [0.2, 0.25) is 0 Å². The first-order chi connectivity index (χ1) is 2.56. The lowest BCUT2D eigenvalue weighted by Gasteiger charge is -2.15. The standard InChI is InChI=1S/C5H12N.ClH/c1-5-6(2,3)4;/h5H,1H2,2-4H3;1H/q+1;/p-1/i6+1;. The molecule has 0 fully saturated rings. The van der Waals surface area contributed by atoms with Crippen molar-refractivity contribution < 1.29 is 16.9 Å². The molecular formula is C5H12ClN. The van der Waals surface area contributed by atoms with Crippen molar-refractivity contribution in [3.05, 3.63) is 12.8 Å². The maximum atomic E-state index is 3.60. The minimum Gasteiger partial charge on any atom is -1.00 e. The molecule has 0 unspecified atom stereocenters. The maximum Gasteiger partial charge on any atom is 0.0879 e. The summed E-state index contributed by atoms with van der Waals surface area (Å²) in [5.74, 6) is 0. The molecule has 2 heteroatoms. The van der Waals surface area contributed by atoms with Gasteiger partial charge >= 0.3 is 0 Å². The van der Waals surface area contributed by atoms with Gasteiger partial charge in [0.1, 0.15) is 0 Å². The van der Waals surface area contributed by atoms with Gasteiger partial charge in [-0.2, -0.15) is 0 Å². The van der Waals surface area contributed by atoms with E-state index in [4.69, 9.17) is 0 Å². The third-order valence-corrected chi connectivity index (χ3v) is 0.548. The Hall–Kier alpha value is -0.0100. The number of quaternary nitrogens is 1. The lowest BCUT2D eigenvalue weighted by Crippen LogP contribution is -3.00. The first-order valence-electron chi connectivity index (χ1n) is 2.01. The predicted molar refractivity (Wildman–Crippen MR) is 28.2 cm³/mol. The maximum absolute atomic E-state index is 3.60. The molecule has 0 heterocycles. The van der Waals surface area contributed by atoms with Crippen molar-refractivity contribution >= 4 is 0 Å². The zero-order valence-corrected chi connectivity index (χ0v) is 5.87. The Balaban J connectivity index is 0. The molecule has 0 saturated carbocycles. The third-order valence-electron chi connectivity index (χ3n) is 0.548. The highest BCUT2D eigenvalue weighted by atomic mass is 35.5. The highest BCUT2D eigenvalue weighted by Crippen LogP contribution is 1.85. The fourth-order valence-electron chi connectivity index (χ4n) is 0. The van der Waals surface area contributed by atoms with Crippen molar-refractivity contribution in [2.45, 2.75) is 0 Å². The molecular weight excluding hydrogens is 111 g/mol. The molecule has 0 atom stereocenters. The minimum atomic E-state index is 0. The van der Waals surface area contributed by atoms with Gasteiger partial charge in [0, 0.05) is 0 Å². The van der Waals surface area contributed by atoms with Gasteiger partial charge in [-0.05, 0) is 6.58 Å². The lowest BCUT2D eigenvalue weighted by molar-refractivity contribution is -0.816. The van der Waals surface area contributed by atoms with E-state index < -0.39 is 0 Å². The summed E-state index contributed by atoms with van der Waals surface area (Å²) in [5.41, 5.74) is 0. The second-order valence-electron chi connectivity index (χ2n) is 2.30. The zero-order valence-electron chi connectivity index (χ0n) is 5.11. The van der Waals surface area contributed by atoms with Crippen LogP contribution < -0.4 is 12.4 Å². The molecule has 0 saturated heterocycles. The van der Waals surface area contributed by atoms with E-state index in [1.54, 1.807) is 0 Å². The van der Waals surface area contributed by atoms with Crippen LogP contribution in [0, 0.1) is 0 Å². The summed E-state index contributed by atoms with van der Waals surface area (Å²) in [5, 5.41) is 0. The number of rotatable bonds is 1. The van der Waals surface area contributed by atoms with Crippen LogP contribution in [-0.4, -0.2) is 25.6 Å². The molecule has 0 aliphatic carbocycles. The minimum absolute atomic E-state index is 0. The molecule has 44 valence electrons. The molecule has 0 N–H and O–H groups in total. The largest absolute Gasteiger partial charge is 1.00 e. The van der Waals surface area contributed by atoms with Crippen LogP contribution in [-0.2, 0) is 0 Å². The topological polar surface area (TPSA) is 0 Å². The van der Waals surface area contributed by atoms with Crippen LogP contribution in [0.15, 0.2) is 12.8 Å². The van der Waals surface area contributed by atoms with E-state index in [0.717, 1.165) is 4.48 Å². The first-order valence-corrected chi connectivity index (χ1v) is 2.01. The van der Waals surface area contributed by atoms with Gasteiger partial charge < -0.3 is 16.9 Å². The average molecular weight is 123 g/mol. The monoisotopic (exact) mass is 122 g/mol.